The molecule has 0 aromatic carbocycles. The zero-order chi connectivity index (χ0) is 20.9. The largest absolute Gasteiger partial charge is 0.433 e. The number of hydrogen-bond donors (Lipinski definition) is 1. The van der Waals surface area contributed by atoms with Crippen LogP contribution < -0.4 is 4.90 Å². The molecule has 6 nitrogen and oxygen atoms in total. The van der Waals surface area contributed by atoms with Crippen LogP contribution in [0.3, 0.4) is 0 Å². The van der Waals surface area contributed by atoms with Gasteiger partial charge in [0.2, 0.25) is 5.95 Å². The van der Waals surface area contributed by atoms with E-state index in [1.807, 2.05) is 4.90 Å². The lowest BCUT2D eigenvalue weighted by molar-refractivity contribution is -0.141. The second kappa shape index (κ2) is 7.60. The molecule has 1 saturated carbocycles. The predicted molar refractivity (Wildman–Crippen MR) is 104 cm³/mol. The van der Waals surface area contributed by atoms with Crippen LogP contribution >= 0.6 is 0 Å². The van der Waals surface area contributed by atoms with E-state index in [0.717, 1.165) is 19.2 Å². The van der Waals surface area contributed by atoms with Crippen LogP contribution in [-0.2, 0) is 10.9 Å². The summed E-state index contributed by atoms with van der Waals surface area (Å²) in [6, 6.07) is 1.44. The summed E-state index contributed by atoms with van der Waals surface area (Å²) >= 11 is 0. The van der Waals surface area contributed by atoms with E-state index in [4.69, 9.17) is 4.74 Å². The minimum absolute atomic E-state index is 0.00317. The molecule has 0 radical (unpaired) electrons. The molecule has 1 aromatic heterocycles. The lowest BCUT2D eigenvalue weighted by Crippen LogP contribution is -2.55. The Bertz CT molecular complexity index is 771. The Balaban J connectivity index is 1.40. The van der Waals surface area contributed by atoms with Gasteiger partial charge in [0.15, 0.2) is 0 Å². The number of ether oxygens (including phenoxy) is 1. The van der Waals surface area contributed by atoms with Crippen molar-refractivity contribution in [2.75, 3.05) is 37.7 Å². The number of likely N-dealkylation sites (tertiary alicyclic amines) is 1. The number of alkyl halides is 3. The molecular weight excluding hydrogens is 397 g/mol. The SMILES string of the molecule is OC[C@H]1[C@H]2CN(C3CCCCCC3)C[C@]23CN(c2nccc(C(F)(F)F)n2)C[C@H]1O3. The van der Waals surface area contributed by atoms with E-state index >= 15 is 0 Å². The van der Waals surface area contributed by atoms with Gasteiger partial charge in [-0.15, -0.1) is 0 Å². The van der Waals surface area contributed by atoms with E-state index in [0.29, 0.717) is 19.1 Å². The number of aliphatic hydroxyl groups excluding tert-OH is 1. The van der Waals surface area contributed by atoms with Gasteiger partial charge in [0.25, 0.3) is 0 Å². The second-order valence-corrected chi connectivity index (χ2v) is 9.37. The Morgan fingerprint density at radius 1 is 1.13 bits per heavy atom. The lowest BCUT2D eigenvalue weighted by Gasteiger charge is -2.41. The topological polar surface area (TPSA) is 61.7 Å². The Morgan fingerprint density at radius 3 is 2.60 bits per heavy atom. The number of morpholine rings is 1. The highest BCUT2D eigenvalue weighted by Gasteiger charge is 2.63. The van der Waals surface area contributed by atoms with Gasteiger partial charge in [-0.3, -0.25) is 4.90 Å². The molecule has 2 bridgehead atoms. The van der Waals surface area contributed by atoms with Crippen molar-refractivity contribution >= 4 is 5.95 Å². The maximum Gasteiger partial charge on any atom is 0.433 e. The first-order chi connectivity index (χ1) is 14.4. The van der Waals surface area contributed by atoms with Gasteiger partial charge in [-0.25, -0.2) is 9.97 Å². The monoisotopic (exact) mass is 426 g/mol. The van der Waals surface area contributed by atoms with Gasteiger partial charge in [0.05, 0.1) is 12.6 Å². The van der Waals surface area contributed by atoms with Gasteiger partial charge in [-0.2, -0.15) is 13.2 Å². The van der Waals surface area contributed by atoms with E-state index < -0.39 is 17.5 Å². The quantitative estimate of drug-likeness (QED) is 0.750. The highest BCUT2D eigenvalue weighted by Crippen LogP contribution is 2.50. The van der Waals surface area contributed by atoms with Crippen molar-refractivity contribution in [3.8, 4) is 0 Å². The molecule has 1 aliphatic carbocycles. The number of rotatable bonds is 3. The zero-order valence-corrected chi connectivity index (χ0v) is 17.0. The smallest absolute Gasteiger partial charge is 0.396 e. The molecular formula is C21H29F3N4O2. The zero-order valence-electron chi connectivity index (χ0n) is 17.0. The molecule has 3 aliphatic heterocycles. The third-order valence-electron chi connectivity index (χ3n) is 7.59. The molecule has 4 aliphatic rings. The van der Waals surface area contributed by atoms with Crippen LogP contribution in [0.1, 0.15) is 44.2 Å². The van der Waals surface area contributed by atoms with Crippen LogP contribution in [0.5, 0.6) is 0 Å². The van der Waals surface area contributed by atoms with Crippen molar-refractivity contribution in [1.82, 2.24) is 14.9 Å². The molecule has 1 N–H and O–H groups in total. The summed E-state index contributed by atoms with van der Waals surface area (Å²) in [5.41, 5.74) is -1.40. The molecule has 0 amide bonds. The van der Waals surface area contributed by atoms with Crippen LogP contribution in [-0.4, -0.2) is 70.5 Å². The molecule has 0 unspecified atom stereocenters. The molecule has 1 spiro atoms. The van der Waals surface area contributed by atoms with Gasteiger partial charge in [0.1, 0.15) is 11.3 Å². The molecule has 1 aromatic rings. The van der Waals surface area contributed by atoms with Gasteiger partial charge in [-0.1, -0.05) is 25.7 Å². The number of anilines is 1. The van der Waals surface area contributed by atoms with Crippen molar-refractivity contribution in [2.45, 2.75) is 62.4 Å². The molecule has 4 fully saturated rings. The number of nitrogens with zero attached hydrogens (tertiary/aromatic N) is 4. The Labute approximate surface area is 174 Å². The Kier molecular flexibility index (Phi) is 5.18. The summed E-state index contributed by atoms with van der Waals surface area (Å²) in [6.45, 7) is 2.57. The van der Waals surface area contributed by atoms with Crippen LogP contribution in [0.15, 0.2) is 12.3 Å². The van der Waals surface area contributed by atoms with Crippen molar-refractivity contribution in [3.05, 3.63) is 18.0 Å². The molecule has 3 saturated heterocycles. The van der Waals surface area contributed by atoms with Crippen molar-refractivity contribution < 1.29 is 23.0 Å². The van der Waals surface area contributed by atoms with Gasteiger partial charge < -0.3 is 14.7 Å². The maximum atomic E-state index is 13.1. The summed E-state index contributed by atoms with van der Waals surface area (Å²) in [5, 5.41) is 10.1. The van der Waals surface area contributed by atoms with Gasteiger partial charge in [-0.05, 0) is 18.9 Å². The fourth-order valence-corrected chi connectivity index (χ4v) is 6.18. The maximum absolute atomic E-state index is 13.1. The normalized spacial score (nSPS) is 35.5. The van der Waals surface area contributed by atoms with Gasteiger partial charge >= 0.3 is 6.18 Å². The molecule has 5 rings (SSSR count). The Morgan fingerprint density at radius 2 is 1.90 bits per heavy atom. The Hall–Kier alpha value is -1.45. The second-order valence-electron chi connectivity index (χ2n) is 9.37. The average Bonchev–Trinajstić information content (AvgIpc) is 3.00. The fraction of sp³-hybridized carbons (Fsp3) is 0.810. The highest BCUT2D eigenvalue weighted by molar-refractivity contribution is 5.36. The van der Waals surface area contributed by atoms with E-state index in [1.54, 1.807) is 0 Å². The van der Waals surface area contributed by atoms with Crippen LogP contribution in [0.25, 0.3) is 0 Å². The van der Waals surface area contributed by atoms with E-state index in [2.05, 4.69) is 14.9 Å². The third kappa shape index (κ3) is 3.48. The van der Waals surface area contributed by atoms with E-state index in [9.17, 15) is 18.3 Å². The van der Waals surface area contributed by atoms with Crippen molar-refractivity contribution in [1.29, 1.82) is 0 Å². The standard InChI is InChI=1S/C21H29F3N4O2/c22-21(23,24)18-7-8-25-19(26-18)28-10-17-15(11-29)16-9-27(12-20(16,13-28)30-17)14-5-3-1-2-4-6-14/h7-8,14-17,29H,1-6,9-13H2/t15-,16+,17+,20-/m0/s1. The van der Waals surface area contributed by atoms with Crippen LogP contribution in [0.4, 0.5) is 19.1 Å². The third-order valence-corrected chi connectivity index (χ3v) is 7.59. The molecule has 4 atom stereocenters. The van der Waals surface area contributed by atoms with Crippen LogP contribution in [0, 0.1) is 11.8 Å². The molecule has 166 valence electrons. The van der Waals surface area contributed by atoms with Crippen LogP contribution in [0.2, 0.25) is 0 Å². The van der Waals surface area contributed by atoms with Gasteiger partial charge in [0, 0.05) is 50.3 Å². The number of aromatic nitrogens is 2. The summed E-state index contributed by atoms with van der Waals surface area (Å²) in [6.07, 6.45) is 3.92. The fourth-order valence-electron chi connectivity index (χ4n) is 6.18. The summed E-state index contributed by atoms with van der Waals surface area (Å²) in [4.78, 5) is 12.3. The minimum Gasteiger partial charge on any atom is -0.396 e. The van der Waals surface area contributed by atoms with E-state index in [1.165, 1.54) is 44.7 Å². The summed E-state index contributed by atoms with van der Waals surface area (Å²) in [7, 11) is 0. The average molecular weight is 426 g/mol. The number of fused-ring (bicyclic) bond motifs is 1. The highest BCUT2D eigenvalue weighted by atomic mass is 19.4. The molecule has 30 heavy (non-hydrogen) atoms. The number of hydrogen-bond acceptors (Lipinski definition) is 6. The first-order valence-electron chi connectivity index (χ1n) is 11.1. The predicted octanol–water partition coefficient (Wildman–Crippen LogP) is 2.72. The summed E-state index contributed by atoms with van der Waals surface area (Å²) in [5.74, 6) is 0.283. The minimum atomic E-state index is -4.50. The van der Waals surface area contributed by atoms with Crippen molar-refractivity contribution in [3.63, 3.8) is 0 Å². The molecule has 9 heteroatoms. The first kappa shape index (κ1) is 20.5. The number of aliphatic hydroxyl groups is 1. The summed E-state index contributed by atoms with van der Waals surface area (Å²) < 4.78 is 45.9. The number of halogens is 3. The van der Waals surface area contributed by atoms with E-state index in [-0.39, 0.29) is 30.5 Å². The van der Waals surface area contributed by atoms with Crippen molar-refractivity contribution in [2.24, 2.45) is 11.8 Å². The lowest BCUT2D eigenvalue weighted by atomic mass is 9.83. The molecule has 4 heterocycles. The first-order valence-corrected chi connectivity index (χ1v) is 11.1.